The summed E-state index contributed by atoms with van der Waals surface area (Å²) in [5.74, 6) is 0.226. The van der Waals surface area contributed by atoms with Crippen LogP contribution in [0.3, 0.4) is 0 Å². The Kier molecular flexibility index (Phi) is 5.69. The fourth-order valence-electron chi connectivity index (χ4n) is 8.58. The van der Waals surface area contributed by atoms with Crippen LogP contribution < -0.4 is 9.80 Å². The molecule has 0 amide bonds. The summed E-state index contributed by atoms with van der Waals surface area (Å²) >= 11 is 0. The zero-order valence-electron chi connectivity index (χ0n) is 24.5. The van der Waals surface area contributed by atoms with Crippen molar-refractivity contribution in [3.63, 3.8) is 0 Å². The second kappa shape index (κ2) is 9.49. The molecule has 0 N–H and O–H groups in total. The Morgan fingerprint density at radius 1 is 0.548 bits per heavy atom. The smallest absolute Gasteiger partial charge is 0.0766 e. The van der Waals surface area contributed by atoms with Crippen LogP contribution in [-0.4, -0.2) is 18.1 Å². The van der Waals surface area contributed by atoms with Crippen molar-refractivity contribution in [2.75, 3.05) is 9.80 Å². The topological polar surface area (TPSA) is 6.48 Å². The van der Waals surface area contributed by atoms with Crippen molar-refractivity contribution in [1.29, 1.82) is 0 Å². The highest BCUT2D eigenvalue weighted by Crippen LogP contribution is 2.61. The Labute approximate surface area is 249 Å². The van der Waals surface area contributed by atoms with Gasteiger partial charge in [-0.3, -0.25) is 0 Å². The lowest BCUT2D eigenvalue weighted by Crippen LogP contribution is -2.64. The summed E-state index contributed by atoms with van der Waals surface area (Å²) in [6.45, 7) is 6.75. The number of rotatable bonds is 3. The number of fused-ring (bicyclic) bond motifs is 4. The van der Waals surface area contributed by atoms with Gasteiger partial charge in [-0.25, -0.2) is 0 Å². The highest BCUT2D eigenvalue weighted by atomic mass is 15.3. The van der Waals surface area contributed by atoms with Gasteiger partial charge in [-0.05, 0) is 54.7 Å². The van der Waals surface area contributed by atoms with Gasteiger partial charge in [0.05, 0.1) is 34.9 Å². The van der Waals surface area contributed by atoms with Gasteiger partial charge in [0.2, 0.25) is 0 Å². The summed E-state index contributed by atoms with van der Waals surface area (Å²) in [6.07, 6.45) is 18.8. The Hall–Kier alpha value is -4.56. The molecule has 4 aliphatic rings. The van der Waals surface area contributed by atoms with Crippen LogP contribution in [-0.2, 0) is 5.41 Å². The first-order valence-electron chi connectivity index (χ1n) is 15.2. The third-order valence-electron chi connectivity index (χ3n) is 9.92. The van der Waals surface area contributed by atoms with E-state index in [1.165, 1.54) is 50.4 Å². The van der Waals surface area contributed by atoms with Crippen molar-refractivity contribution in [2.45, 2.75) is 44.3 Å². The highest BCUT2D eigenvalue weighted by Gasteiger charge is 2.56. The van der Waals surface area contributed by atoms with E-state index in [1.807, 2.05) is 0 Å². The zero-order valence-corrected chi connectivity index (χ0v) is 24.5. The van der Waals surface area contributed by atoms with E-state index >= 15 is 0 Å². The minimum absolute atomic E-state index is 0.193. The molecule has 42 heavy (non-hydrogen) atoms. The number of allylic oxidation sites excluding steroid dienone is 4. The van der Waals surface area contributed by atoms with E-state index in [4.69, 9.17) is 0 Å². The number of benzene rings is 4. The quantitative estimate of drug-likeness (QED) is 0.254. The molecule has 4 aromatic rings. The lowest BCUT2D eigenvalue weighted by Gasteiger charge is -2.60. The van der Waals surface area contributed by atoms with E-state index in [9.17, 15) is 0 Å². The third kappa shape index (κ3) is 3.38. The first-order valence-corrected chi connectivity index (χ1v) is 15.2. The van der Waals surface area contributed by atoms with Crippen LogP contribution in [0.25, 0.3) is 0 Å². The summed E-state index contributed by atoms with van der Waals surface area (Å²) in [4.78, 5) is 5.40. The first kappa shape index (κ1) is 25.2. The minimum Gasteiger partial charge on any atom is -0.354 e. The molecule has 206 valence electrons. The molecule has 0 fully saturated rings. The molecule has 2 heterocycles. The maximum absolute atomic E-state index is 2.75. The Morgan fingerprint density at radius 3 is 1.76 bits per heavy atom. The predicted octanol–water partition coefficient (Wildman–Crippen LogP) is 8.89. The molecule has 2 aliphatic carbocycles. The minimum atomic E-state index is -0.347. The number of hydrogen-bond donors (Lipinski definition) is 0. The average molecular weight is 545 g/mol. The molecule has 0 radical (unpaired) electrons. The van der Waals surface area contributed by atoms with E-state index in [0.29, 0.717) is 0 Å². The van der Waals surface area contributed by atoms with Crippen LogP contribution in [0.4, 0.5) is 17.1 Å². The number of nitrogens with zero attached hydrogens (tertiary/aromatic N) is 2. The van der Waals surface area contributed by atoms with E-state index in [-0.39, 0.29) is 29.5 Å². The van der Waals surface area contributed by atoms with Crippen LogP contribution >= 0.6 is 0 Å². The first-order chi connectivity index (χ1) is 20.6. The van der Waals surface area contributed by atoms with Crippen molar-refractivity contribution in [3.8, 4) is 0 Å². The summed E-state index contributed by atoms with van der Waals surface area (Å²) in [7, 11) is 0. The van der Waals surface area contributed by atoms with E-state index in [0.717, 1.165) is 0 Å². The fourth-order valence-corrected chi connectivity index (χ4v) is 8.58. The predicted molar refractivity (Wildman–Crippen MR) is 176 cm³/mol. The van der Waals surface area contributed by atoms with Gasteiger partial charge in [0, 0.05) is 11.6 Å². The lowest BCUT2D eigenvalue weighted by molar-refractivity contribution is 0.348. The van der Waals surface area contributed by atoms with Crippen molar-refractivity contribution in [3.05, 3.63) is 173 Å². The molecule has 2 aliphatic heterocycles. The molecule has 4 atom stereocenters. The number of aryl methyl sites for hydroxylation is 3. The van der Waals surface area contributed by atoms with Gasteiger partial charge < -0.3 is 9.80 Å². The standard InChI is InChI=1S/C40H36N2/c1-27-25-28(2)38(29(3)26-27)42-36-23-13-12-22-35(36)41-34-21-11-10-19-32(34)40(30-15-6-4-7-16-30,31-17-8-5-9-18-31)33-20-14-24-37(42)39(33)41/h4-26,32,34-36H,1-3H3. The van der Waals surface area contributed by atoms with Crippen LogP contribution in [0.1, 0.15) is 33.4 Å². The SMILES string of the molecule is Cc1cc(C)c(N2c3cccc4c3N(C3C=CC=CC32)C2C=CC=CC2C4(c2ccccc2)c2ccccc2)c(C)c1. The molecule has 0 saturated heterocycles. The molecule has 8 rings (SSSR count). The second-order valence-corrected chi connectivity index (χ2v) is 12.3. The van der Waals surface area contributed by atoms with Crippen LogP contribution in [0.15, 0.2) is 140 Å². The number of anilines is 3. The Bertz CT molecular complexity index is 1730. The van der Waals surface area contributed by atoms with Crippen molar-refractivity contribution in [2.24, 2.45) is 5.92 Å². The Morgan fingerprint density at radius 2 is 1.12 bits per heavy atom. The monoisotopic (exact) mass is 544 g/mol. The molecule has 2 nitrogen and oxygen atoms in total. The molecular formula is C40H36N2. The molecule has 0 spiro atoms. The largest absolute Gasteiger partial charge is 0.354 e. The summed E-state index contributed by atoms with van der Waals surface area (Å²) in [5, 5.41) is 0. The van der Waals surface area contributed by atoms with Crippen LogP contribution in [0.5, 0.6) is 0 Å². The van der Waals surface area contributed by atoms with Gasteiger partial charge in [0.25, 0.3) is 0 Å². The highest BCUT2D eigenvalue weighted by molar-refractivity contribution is 5.90. The molecular weight excluding hydrogens is 508 g/mol. The summed E-state index contributed by atoms with van der Waals surface area (Å²) < 4.78 is 0. The lowest BCUT2D eigenvalue weighted by atomic mass is 9.56. The van der Waals surface area contributed by atoms with E-state index < -0.39 is 0 Å². The normalized spacial score (nSPS) is 24.3. The van der Waals surface area contributed by atoms with Gasteiger partial charge in [0.1, 0.15) is 0 Å². The Balaban J connectivity index is 1.51. The van der Waals surface area contributed by atoms with Gasteiger partial charge in [0.15, 0.2) is 0 Å². The van der Waals surface area contributed by atoms with Gasteiger partial charge in [-0.15, -0.1) is 0 Å². The van der Waals surface area contributed by atoms with E-state index in [2.05, 4.69) is 170 Å². The van der Waals surface area contributed by atoms with Crippen molar-refractivity contribution < 1.29 is 0 Å². The van der Waals surface area contributed by atoms with Gasteiger partial charge in [-0.1, -0.05) is 139 Å². The molecule has 0 aromatic heterocycles. The molecule has 0 saturated carbocycles. The summed E-state index contributed by atoms with van der Waals surface area (Å²) in [5.41, 5.74) is 11.7. The van der Waals surface area contributed by atoms with Gasteiger partial charge >= 0.3 is 0 Å². The second-order valence-electron chi connectivity index (χ2n) is 12.3. The molecule has 2 heteroatoms. The summed E-state index contributed by atoms with van der Waals surface area (Å²) in [6, 6.07) is 34.8. The van der Waals surface area contributed by atoms with Crippen molar-refractivity contribution in [1.82, 2.24) is 0 Å². The fraction of sp³-hybridized carbons (Fsp3) is 0.200. The van der Waals surface area contributed by atoms with Crippen LogP contribution in [0.2, 0.25) is 0 Å². The molecule has 4 unspecified atom stereocenters. The number of hydrogen-bond acceptors (Lipinski definition) is 2. The third-order valence-corrected chi connectivity index (χ3v) is 9.92. The average Bonchev–Trinajstić information content (AvgIpc) is 3.02. The van der Waals surface area contributed by atoms with Crippen LogP contribution in [0, 0.1) is 26.7 Å². The number of para-hydroxylation sites is 1. The molecule has 0 bridgehead atoms. The van der Waals surface area contributed by atoms with Crippen molar-refractivity contribution >= 4 is 17.1 Å². The van der Waals surface area contributed by atoms with Gasteiger partial charge in [-0.2, -0.15) is 0 Å². The molecule has 4 aromatic carbocycles. The zero-order chi connectivity index (χ0) is 28.4. The maximum atomic E-state index is 2.75. The van der Waals surface area contributed by atoms with E-state index in [1.54, 1.807) is 0 Å². The maximum Gasteiger partial charge on any atom is 0.0766 e.